The first-order chi connectivity index (χ1) is 8.79. The van der Waals surface area contributed by atoms with Crippen molar-refractivity contribution in [2.75, 3.05) is 19.0 Å². The number of piperidine rings is 1. The second-order valence-corrected chi connectivity index (χ2v) is 4.97. The number of nitrogens with two attached hydrogens (primary N) is 1. The number of nitrogens with zero attached hydrogens (tertiary/aromatic N) is 2. The van der Waals surface area contributed by atoms with E-state index in [0.29, 0.717) is 5.84 Å². The van der Waals surface area contributed by atoms with Crippen molar-refractivity contribution in [1.29, 1.82) is 0 Å². The Hall–Kier alpha value is -1.06. The Morgan fingerprint density at radius 1 is 1.22 bits per heavy atom. The fourth-order valence-corrected chi connectivity index (χ4v) is 2.36. The third kappa shape index (κ3) is 3.72. The van der Waals surface area contributed by atoms with Crippen molar-refractivity contribution in [3.05, 3.63) is 29.8 Å². The van der Waals surface area contributed by atoms with Crippen LogP contribution in [0.3, 0.4) is 0 Å². The number of amidine groups is 1. The van der Waals surface area contributed by atoms with Crippen LogP contribution in [0.4, 0.5) is 5.69 Å². The molecule has 0 saturated carbocycles. The molecule has 1 saturated heterocycles. The molecule has 1 aliphatic heterocycles. The summed E-state index contributed by atoms with van der Waals surface area (Å²) < 4.78 is 0. The molecule has 1 aromatic carbocycles. The van der Waals surface area contributed by atoms with Crippen LogP contribution in [0, 0.1) is 0 Å². The summed E-state index contributed by atoms with van der Waals surface area (Å²) in [5.74, 6) is 0.751. The standard InChI is InChI=1S/C14H20ClN3/c15-10-14(16)17-13-7-3-2-6-12(13)11-18-8-4-1-5-9-18/h2-3,6-7H,1,4-5,8-11H2,(H2,16,17). The van der Waals surface area contributed by atoms with E-state index in [2.05, 4.69) is 22.0 Å². The largest absolute Gasteiger partial charge is 0.386 e. The van der Waals surface area contributed by atoms with Gasteiger partial charge in [-0.25, -0.2) is 4.99 Å². The van der Waals surface area contributed by atoms with Crippen molar-refractivity contribution in [2.45, 2.75) is 25.8 Å². The van der Waals surface area contributed by atoms with Gasteiger partial charge in [-0.2, -0.15) is 0 Å². The van der Waals surface area contributed by atoms with E-state index < -0.39 is 0 Å². The van der Waals surface area contributed by atoms with Crippen molar-refractivity contribution in [3.63, 3.8) is 0 Å². The Morgan fingerprint density at radius 2 is 1.94 bits per heavy atom. The summed E-state index contributed by atoms with van der Waals surface area (Å²) in [5, 5.41) is 0. The van der Waals surface area contributed by atoms with E-state index in [-0.39, 0.29) is 5.88 Å². The zero-order valence-corrected chi connectivity index (χ0v) is 11.4. The van der Waals surface area contributed by atoms with Gasteiger partial charge in [-0.15, -0.1) is 11.6 Å². The van der Waals surface area contributed by atoms with Crippen LogP contribution in [-0.2, 0) is 6.54 Å². The summed E-state index contributed by atoms with van der Waals surface area (Å²) in [7, 11) is 0. The highest BCUT2D eigenvalue weighted by Crippen LogP contribution is 2.22. The van der Waals surface area contributed by atoms with Gasteiger partial charge in [0.05, 0.1) is 11.6 Å². The maximum absolute atomic E-state index is 5.71. The van der Waals surface area contributed by atoms with Gasteiger partial charge in [0.15, 0.2) is 0 Å². The van der Waals surface area contributed by atoms with Gasteiger partial charge >= 0.3 is 0 Å². The van der Waals surface area contributed by atoms with Crippen LogP contribution in [0.25, 0.3) is 0 Å². The highest BCUT2D eigenvalue weighted by atomic mass is 35.5. The Kier molecular flexibility index (Phi) is 5.02. The molecule has 1 aliphatic rings. The predicted octanol–water partition coefficient (Wildman–Crippen LogP) is 2.90. The third-order valence-electron chi connectivity index (χ3n) is 3.24. The summed E-state index contributed by atoms with van der Waals surface area (Å²) in [6.07, 6.45) is 3.96. The predicted molar refractivity (Wildman–Crippen MR) is 77.6 cm³/mol. The summed E-state index contributed by atoms with van der Waals surface area (Å²) in [6.45, 7) is 3.32. The normalized spacial score (nSPS) is 17.9. The number of hydrogen-bond acceptors (Lipinski definition) is 2. The molecule has 0 spiro atoms. The van der Waals surface area contributed by atoms with Gasteiger partial charge in [0.25, 0.3) is 0 Å². The quantitative estimate of drug-likeness (QED) is 0.517. The maximum atomic E-state index is 5.71. The monoisotopic (exact) mass is 265 g/mol. The number of hydrogen-bond donors (Lipinski definition) is 1. The van der Waals surface area contributed by atoms with Crippen molar-refractivity contribution in [1.82, 2.24) is 4.90 Å². The highest BCUT2D eigenvalue weighted by molar-refractivity contribution is 6.28. The van der Waals surface area contributed by atoms with Crippen LogP contribution in [0.2, 0.25) is 0 Å². The van der Waals surface area contributed by atoms with E-state index in [1.165, 1.54) is 37.9 Å². The smallest absolute Gasteiger partial charge is 0.115 e. The molecule has 0 atom stereocenters. The molecule has 2 rings (SSSR count). The zero-order chi connectivity index (χ0) is 12.8. The van der Waals surface area contributed by atoms with E-state index in [9.17, 15) is 0 Å². The number of rotatable bonds is 4. The van der Waals surface area contributed by atoms with Gasteiger partial charge in [-0.05, 0) is 37.6 Å². The first kappa shape index (κ1) is 13.4. The molecular formula is C14H20ClN3. The Labute approximate surface area is 114 Å². The summed E-state index contributed by atoms with van der Waals surface area (Å²) in [5.41, 5.74) is 7.89. The van der Waals surface area contributed by atoms with Gasteiger partial charge in [0, 0.05) is 6.54 Å². The molecule has 0 unspecified atom stereocenters. The number of aliphatic imine (C=N–C) groups is 1. The molecule has 0 aromatic heterocycles. The molecule has 0 radical (unpaired) electrons. The van der Waals surface area contributed by atoms with E-state index in [1.54, 1.807) is 0 Å². The van der Waals surface area contributed by atoms with Crippen molar-refractivity contribution in [2.24, 2.45) is 10.7 Å². The van der Waals surface area contributed by atoms with Crippen molar-refractivity contribution < 1.29 is 0 Å². The molecule has 3 nitrogen and oxygen atoms in total. The average Bonchev–Trinajstić information content (AvgIpc) is 2.42. The maximum Gasteiger partial charge on any atom is 0.115 e. The summed E-state index contributed by atoms with van der Waals surface area (Å²) in [6, 6.07) is 8.16. The van der Waals surface area contributed by atoms with Gasteiger partial charge < -0.3 is 5.73 Å². The van der Waals surface area contributed by atoms with E-state index in [1.807, 2.05) is 12.1 Å². The van der Waals surface area contributed by atoms with Crippen LogP contribution < -0.4 is 5.73 Å². The molecule has 2 N–H and O–H groups in total. The first-order valence-corrected chi connectivity index (χ1v) is 7.02. The summed E-state index contributed by atoms with van der Waals surface area (Å²) in [4.78, 5) is 6.86. The Morgan fingerprint density at radius 3 is 2.67 bits per heavy atom. The molecule has 1 fully saturated rings. The molecule has 1 heterocycles. The minimum Gasteiger partial charge on any atom is -0.386 e. The van der Waals surface area contributed by atoms with Crippen LogP contribution in [-0.4, -0.2) is 29.7 Å². The fraction of sp³-hybridized carbons (Fsp3) is 0.500. The lowest BCUT2D eigenvalue weighted by molar-refractivity contribution is 0.221. The molecule has 98 valence electrons. The average molecular weight is 266 g/mol. The molecule has 0 amide bonds. The van der Waals surface area contributed by atoms with Crippen LogP contribution >= 0.6 is 11.6 Å². The zero-order valence-electron chi connectivity index (χ0n) is 10.6. The SMILES string of the molecule is NC(CCl)=Nc1ccccc1CN1CCCCC1. The number of para-hydroxylation sites is 1. The lowest BCUT2D eigenvalue weighted by atomic mass is 10.1. The van der Waals surface area contributed by atoms with Crippen molar-refractivity contribution in [3.8, 4) is 0 Å². The molecular weight excluding hydrogens is 246 g/mol. The minimum atomic E-state index is 0.276. The number of benzene rings is 1. The van der Waals surface area contributed by atoms with Crippen molar-refractivity contribution >= 4 is 23.1 Å². The highest BCUT2D eigenvalue weighted by Gasteiger charge is 2.12. The molecule has 4 heteroatoms. The minimum absolute atomic E-state index is 0.276. The Bertz CT molecular complexity index is 411. The third-order valence-corrected chi connectivity index (χ3v) is 3.51. The molecule has 0 aliphatic carbocycles. The lowest BCUT2D eigenvalue weighted by Gasteiger charge is -2.26. The molecule has 18 heavy (non-hydrogen) atoms. The van der Waals surface area contributed by atoms with E-state index >= 15 is 0 Å². The molecule has 0 bridgehead atoms. The second-order valence-electron chi connectivity index (χ2n) is 4.70. The van der Waals surface area contributed by atoms with Gasteiger partial charge in [0.2, 0.25) is 0 Å². The number of halogens is 1. The van der Waals surface area contributed by atoms with Gasteiger partial charge in [0.1, 0.15) is 5.84 Å². The lowest BCUT2D eigenvalue weighted by Crippen LogP contribution is -2.29. The first-order valence-electron chi connectivity index (χ1n) is 6.49. The van der Waals surface area contributed by atoms with Crippen LogP contribution in [0.5, 0.6) is 0 Å². The summed E-state index contributed by atoms with van der Waals surface area (Å²) >= 11 is 5.68. The molecule has 1 aromatic rings. The number of likely N-dealkylation sites (tertiary alicyclic amines) is 1. The van der Waals surface area contributed by atoms with Crippen LogP contribution in [0.1, 0.15) is 24.8 Å². The van der Waals surface area contributed by atoms with E-state index in [4.69, 9.17) is 17.3 Å². The van der Waals surface area contributed by atoms with E-state index in [0.717, 1.165) is 12.2 Å². The van der Waals surface area contributed by atoms with Gasteiger partial charge in [-0.3, -0.25) is 4.90 Å². The Balaban J connectivity index is 2.11. The van der Waals surface area contributed by atoms with Crippen LogP contribution in [0.15, 0.2) is 29.3 Å². The van der Waals surface area contributed by atoms with Gasteiger partial charge in [-0.1, -0.05) is 24.6 Å². The fourth-order valence-electron chi connectivity index (χ4n) is 2.30. The topological polar surface area (TPSA) is 41.6 Å². The second kappa shape index (κ2) is 6.76. The number of alkyl halides is 1.